The highest BCUT2D eigenvalue weighted by Crippen LogP contribution is 2.36. The van der Waals surface area contributed by atoms with E-state index in [0.29, 0.717) is 60.5 Å². The zero-order valence-corrected chi connectivity index (χ0v) is 17.3. The van der Waals surface area contributed by atoms with Gasteiger partial charge in [-0.25, -0.2) is 4.98 Å². The lowest BCUT2D eigenvalue weighted by atomic mass is 10.1. The predicted molar refractivity (Wildman–Crippen MR) is 113 cm³/mol. The van der Waals surface area contributed by atoms with Gasteiger partial charge in [0.1, 0.15) is 11.5 Å². The highest BCUT2D eigenvalue weighted by molar-refractivity contribution is 6.31. The number of nitro groups is 1. The maximum Gasteiger partial charge on any atom is 0.416 e. The first-order chi connectivity index (χ1) is 15.1. The lowest BCUT2D eigenvalue weighted by Gasteiger charge is -2.35. The van der Waals surface area contributed by atoms with Crippen molar-refractivity contribution in [2.24, 2.45) is 0 Å². The standard InChI is InChI=1S/C20H17ClF3N5O3/c21-13-2-3-15-14(10-13)19(30)26-18(25-15)11-27-5-7-28(8-6-27)16-4-1-12(20(22,23)24)9-17(16)29(31)32/h1-4,9-10H,5-8,11H2,(H,25,26,30). The van der Waals surface area contributed by atoms with Crippen LogP contribution in [0.1, 0.15) is 11.4 Å². The minimum Gasteiger partial charge on any atom is -0.363 e. The van der Waals surface area contributed by atoms with Gasteiger partial charge in [0.15, 0.2) is 0 Å². The number of nitrogens with zero attached hydrogens (tertiary/aromatic N) is 4. The third-order valence-corrected chi connectivity index (χ3v) is 5.54. The largest absolute Gasteiger partial charge is 0.416 e. The molecular formula is C20H17ClF3N5O3. The van der Waals surface area contributed by atoms with Gasteiger partial charge in [0.25, 0.3) is 11.2 Å². The van der Waals surface area contributed by atoms with Gasteiger partial charge in [0.2, 0.25) is 0 Å². The van der Waals surface area contributed by atoms with Crippen LogP contribution in [-0.2, 0) is 12.7 Å². The van der Waals surface area contributed by atoms with Crippen molar-refractivity contribution in [2.75, 3.05) is 31.1 Å². The van der Waals surface area contributed by atoms with Crippen LogP contribution < -0.4 is 10.5 Å². The lowest BCUT2D eigenvalue weighted by Crippen LogP contribution is -2.46. The number of H-pyrrole nitrogens is 1. The van der Waals surface area contributed by atoms with E-state index in [0.717, 1.165) is 12.1 Å². The summed E-state index contributed by atoms with van der Waals surface area (Å²) in [4.78, 5) is 33.7. The molecule has 0 unspecified atom stereocenters. The molecule has 0 bridgehead atoms. The Morgan fingerprint density at radius 1 is 1.12 bits per heavy atom. The SMILES string of the molecule is O=c1[nH]c(CN2CCN(c3ccc(C(F)(F)F)cc3[N+](=O)[O-])CC2)nc2ccc(Cl)cc12. The van der Waals surface area contributed by atoms with Gasteiger partial charge < -0.3 is 9.88 Å². The molecule has 4 rings (SSSR count). The molecule has 2 aromatic carbocycles. The Labute approximate surface area is 184 Å². The van der Waals surface area contributed by atoms with Crippen LogP contribution >= 0.6 is 11.6 Å². The number of hydrogen-bond donors (Lipinski definition) is 1. The van der Waals surface area contributed by atoms with Crippen LogP contribution in [-0.4, -0.2) is 46.0 Å². The molecule has 168 valence electrons. The van der Waals surface area contributed by atoms with E-state index in [1.54, 1.807) is 23.1 Å². The molecule has 1 saturated heterocycles. The number of fused-ring (bicyclic) bond motifs is 1. The second kappa shape index (κ2) is 8.40. The molecule has 8 nitrogen and oxygen atoms in total. The van der Waals surface area contributed by atoms with Crippen LogP contribution in [0.3, 0.4) is 0 Å². The summed E-state index contributed by atoms with van der Waals surface area (Å²) in [6.07, 6.45) is -4.66. The molecule has 0 saturated carbocycles. The van der Waals surface area contributed by atoms with Crippen LogP contribution in [0.25, 0.3) is 10.9 Å². The van der Waals surface area contributed by atoms with Crippen LogP contribution in [0.15, 0.2) is 41.2 Å². The Morgan fingerprint density at radius 2 is 1.84 bits per heavy atom. The van der Waals surface area contributed by atoms with Gasteiger partial charge in [-0.2, -0.15) is 13.2 Å². The molecule has 1 N–H and O–H groups in total. The van der Waals surface area contributed by atoms with Gasteiger partial charge in [-0.05, 0) is 30.3 Å². The van der Waals surface area contributed by atoms with Gasteiger partial charge >= 0.3 is 6.18 Å². The summed E-state index contributed by atoms with van der Waals surface area (Å²) < 4.78 is 38.8. The van der Waals surface area contributed by atoms with E-state index in [9.17, 15) is 28.1 Å². The number of aromatic amines is 1. The van der Waals surface area contributed by atoms with E-state index in [1.807, 2.05) is 4.90 Å². The molecule has 32 heavy (non-hydrogen) atoms. The Bertz CT molecular complexity index is 1240. The monoisotopic (exact) mass is 467 g/mol. The highest BCUT2D eigenvalue weighted by atomic mass is 35.5. The van der Waals surface area contributed by atoms with Crippen LogP contribution in [0.5, 0.6) is 0 Å². The fraction of sp³-hybridized carbons (Fsp3) is 0.300. The maximum absolute atomic E-state index is 12.9. The minimum atomic E-state index is -4.66. The average molecular weight is 468 g/mol. The van der Waals surface area contributed by atoms with Gasteiger partial charge in [-0.15, -0.1) is 0 Å². The number of rotatable bonds is 4. The highest BCUT2D eigenvalue weighted by Gasteiger charge is 2.34. The summed E-state index contributed by atoms with van der Waals surface area (Å²) in [5, 5.41) is 12.2. The predicted octanol–water partition coefficient (Wildman–Crippen LogP) is 3.83. The number of benzene rings is 2. The third kappa shape index (κ3) is 4.53. The first kappa shape index (κ1) is 22.0. The average Bonchev–Trinajstić information content (AvgIpc) is 2.74. The molecule has 1 aliphatic rings. The van der Waals surface area contributed by atoms with Crippen molar-refractivity contribution >= 4 is 33.9 Å². The summed E-state index contributed by atoms with van der Waals surface area (Å²) in [7, 11) is 0. The summed E-state index contributed by atoms with van der Waals surface area (Å²) in [6.45, 7) is 2.08. The van der Waals surface area contributed by atoms with Gasteiger partial charge in [0, 0.05) is 37.3 Å². The van der Waals surface area contributed by atoms with E-state index in [2.05, 4.69) is 9.97 Å². The third-order valence-electron chi connectivity index (χ3n) is 5.30. The number of halogens is 4. The fourth-order valence-corrected chi connectivity index (χ4v) is 3.88. The zero-order chi connectivity index (χ0) is 23.0. The summed E-state index contributed by atoms with van der Waals surface area (Å²) in [5.74, 6) is 0.471. The minimum absolute atomic E-state index is 0.150. The van der Waals surface area contributed by atoms with Crippen molar-refractivity contribution in [3.8, 4) is 0 Å². The first-order valence-corrected chi connectivity index (χ1v) is 10.0. The Hall–Kier alpha value is -3.18. The number of hydrogen-bond acceptors (Lipinski definition) is 6. The molecule has 0 atom stereocenters. The number of alkyl halides is 3. The second-order valence-electron chi connectivity index (χ2n) is 7.40. The van der Waals surface area contributed by atoms with E-state index in [-0.39, 0.29) is 11.2 Å². The second-order valence-corrected chi connectivity index (χ2v) is 7.83. The number of nitrogens with one attached hydrogen (secondary N) is 1. The van der Waals surface area contributed by atoms with Crippen LogP contribution in [0.2, 0.25) is 5.02 Å². The lowest BCUT2D eigenvalue weighted by molar-refractivity contribution is -0.384. The quantitative estimate of drug-likeness (QED) is 0.463. The molecule has 12 heteroatoms. The van der Waals surface area contributed by atoms with Gasteiger partial charge in [-0.3, -0.25) is 19.8 Å². The van der Waals surface area contributed by atoms with E-state index < -0.39 is 22.4 Å². The summed E-state index contributed by atoms with van der Waals surface area (Å²) >= 11 is 5.92. The Balaban J connectivity index is 1.48. The molecule has 1 fully saturated rings. The summed E-state index contributed by atoms with van der Waals surface area (Å²) in [6, 6.07) is 7.42. The molecule has 0 radical (unpaired) electrons. The van der Waals surface area contributed by atoms with Crippen molar-refractivity contribution < 1.29 is 18.1 Å². The molecule has 0 aliphatic carbocycles. The van der Waals surface area contributed by atoms with E-state index in [4.69, 9.17) is 11.6 Å². The molecule has 0 amide bonds. The van der Waals surface area contributed by atoms with Crippen LogP contribution in [0.4, 0.5) is 24.5 Å². The molecule has 3 aromatic rings. The van der Waals surface area contributed by atoms with Gasteiger partial charge in [-0.1, -0.05) is 11.6 Å². The number of anilines is 1. The van der Waals surface area contributed by atoms with E-state index in [1.165, 1.54) is 0 Å². The molecule has 0 spiro atoms. The Kier molecular flexibility index (Phi) is 5.78. The molecular weight excluding hydrogens is 451 g/mol. The van der Waals surface area contributed by atoms with Crippen molar-refractivity contribution in [3.05, 3.63) is 73.3 Å². The normalized spacial score (nSPS) is 15.3. The van der Waals surface area contributed by atoms with Crippen molar-refractivity contribution in [2.45, 2.75) is 12.7 Å². The molecule has 2 heterocycles. The zero-order valence-electron chi connectivity index (χ0n) is 16.5. The fourth-order valence-electron chi connectivity index (χ4n) is 3.71. The number of aromatic nitrogens is 2. The first-order valence-electron chi connectivity index (χ1n) is 9.63. The number of piperazine rings is 1. The topological polar surface area (TPSA) is 95.4 Å². The van der Waals surface area contributed by atoms with Crippen molar-refractivity contribution in [1.29, 1.82) is 0 Å². The maximum atomic E-state index is 12.9. The molecule has 1 aliphatic heterocycles. The van der Waals surface area contributed by atoms with Crippen LogP contribution in [0, 0.1) is 10.1 Å². The molecule has 1 aromatic heterocycles. The van der Waals surface area contributed by atoms with Crippen molar-refractivity contribution in [1.82, 2.24) is 14.9 Å². The Morgan fingerprint density at radius 3 is 2.50 bits per heavy atom. The smallest absolute Gasteiger partial charge is 0.363 e. The van der Waals surface area contributed by atoms with E-state index >= 15 is 0 Å². The van der Waals surface area contributed by atoms with Crippen molar-refractivity contribution in [3.63, 3.8) is 0 Å². The number of nitro benzene ring substituents is 1. The summed E-state index contributed by atoms with van der Waals surface area (Å²) in [5.41, 5.74) is -1.26. The van der Waals surface area contributed by atoms with Gasteiger partial charge in [0.05, 0.1) is 27.9 Å².